The Labute approximate surface area is 155 Å². The zero-order chi connectivity index (χ0) is 19.4. The minimum absolute atomic E-state index is 0.268. The molecule has 2 aromatic heterocycles. The molecule has 140 valence electrons. The number of aromatic nitrogens is 2. The lowest BCUT2D eigenvalue weighted by Gasteiger charge is -2.10. The Bertz CT molecular complexity index is 974. The van der Waals surface area contributed by atoms with Crippen molar-refractivity contribution in [1.29, 1.82) is 0 Å². The van der Waals surface area contributed by atoms with E-state index in [4.69, 9.17) is 14.2 Å². The average Bonchev–Trinajstić information content (AvgIpc) is 3.11. The van der Waals surface area contributed by atoms with Gasteiger partial charge in [0.2, 0.25) is 0 Å². The van der Waals surface area contributed by atoms with E-state index in [-0.39, 0.29) is 12.5 Å². The lowest BCUT2D eigenvalue weighted by molar-refractivity contribution is 0.0528. The zero-order valence-electron chi connectivity index (χ0n) is 15.2. The molecule has 1 N–H and O–H groups in total. The standard InChI is InChI=1S/C19H19N3O5/c1-4-27-19(24)16-11-20-22-6-5-13(9-17(16)22)21-18(23)12-7-14(25-2)10-15(8-12)26-3/h5-11H,4H2,1-3H3,(H,21,23). The molecule has 0 atom stereocenters. The first-order valence-corrected chi connectivity index (χ1v) is 8.24. The lowest BCUT2D eigenvalue weighted by Crippen LogP contribution is -2.12. The van der Waals surface area contributed by atoms with Gasteiger partial charge in [0.15, 0.2) is 0 Å². The van der Waals surface area contributed by atoms with E-state index < -0.39 is 5.97 Å². The SMILES string of the molecule is CCOC(=O)c1cnn2ccc(NC(=O)c3cc(OC)cc(OC)c3)cc12. The quantitative estimate of drug-likeness (QED) is 0.672. The number of benzene rings is 1. The fraction of sp³-hybridized carbons (Fsp3) is 0.211. The highest BCUT2D eigenvalue weighted by Gasteiger charge is 2.15. The van der Waals surface area contributed by atoms with Gasteiger partial charge < -0.3 is 19.5 Å². The number of amides is 1. The van der Waals surface area contributed by atoms with Crippen LogP contribution in [0.25, 0.3) is 5.52 Å². The number of carbonyl (C=O) groups is 2. The van der Waals surface area contributed by atoms with E-state index in [1.54, 1.807) is 43.5 Å². The van der Waals surface area contributed by atoms with Gasteiger partial charge in [-0.25, -0.2) is 9.31 Å². The van der Waals surface area contributed by atoms with Crippen molar-refractivity contribution in [2.75, 3.05) is 26.1 Å². The van der Waals surface area contributed by atoms with E-state index in [0.717, 1.165) is 0 Å². The third-order valence-electron chi connectivity index (χ3n) is 3.89. The molecule has 1 aromatic carbocycles. The molecule has 0 aliphatic heterocycles. The molecule has 0 unspecified atom stereocenters. The molecule has 0 aliphatic rings. The minimum atomic E-state index is -0.464. The topological polar surface area (TPSA) is 91.2 Å². The first-order chi connectivity index (χ1) is 13.0. The normalized spacial score (nSPS) is 10.5. The Morgan fingerprint density at radius 1 is 1.11 bits per heavy atom. The highest BCUT2D eigenvalue weighted by Crippen LogP contribution is 2.24. The van der Waals surface area contributed by atoms with Crippen LogP contribution in [0, 0.1) is 0 Å². The highest BCUT2D eigenvalue weighted by atomic mass is 16.5. The molecule has 3 aromatic rings. The summed E-state index contributed by atoms with van der Waals surface area (Å²) in [6, 6.07) is 8.25. The van der Waals surface area contributed by atoms with E-state index >= 15 is 0 Å². The Morgan fingerprint density at radius 2 is 1.81 bits per heavy atom. The number of hydrogen-bond donors (Lipinski definition) is 1. The van der Waals surface area contributed by atoms with Crippen LogP contribution >= 0.6 is 0 Å². The summed E-state index contributed by atoms with van der Waals surface area (Å²) in [5, 5.41) is 6.91. The van der Waals surface area contributed by atoms with Crippen LogP contribution in [0.5, 0.6) is 11.5 Å². The molecule has 8 heteroatoms. The van der Waals surface area contributed by atoms with Gasteiger partial charge in [-0.2, -0.15) is 5.10 Å². The van der Waals surface area contributed by atoms with Crippen molar-refractivity contribution in [3.05, 3.63) is 53.9 Å². The summed E-state index contributed by atoms with van der Waals surface area (Å²) in [4.78, 5) is 24.6. The molecule has 0 saturated heterocycles. The molecule has 0 spiro atoms. The third-order valence-corrected chi connectivity index (χ3v) is 3.89. The monoisotopic (exact) mass is 369 g/mol. The van der Waals surface area contributed by atoms with Crippen LogP contribution in [0.2, 0.25) is 0 Å². The summed E-state index contributed by atoms with van der Waals surface area (Å²) in [5.74, 6) is 0.216. The first kappa shape index (κ1) is 18.2. The fourth-order valence-electron chi connectivity index (χ4n) is 2.57. The average molecular weight is 369 g/mol. The number of pyridine rings is 1. The zero-order valence-corrected chi connectivity index (χ0v) is 15.2. The van der Waals surface area contributed by atoms with Gasteiger partial charge in [0.05, 0.1) is 32.5 Å². The van der Waals surface area contributed by atoms with Gasteiger partial charge in [0, 0.05) is 23.5 Å². The molecule has 0 fully saturated rings. The number of hydrogen-bond acceptors (Lipinski definition) is 6. The highest BCUT2D eigenvalue weighted by molar-refractivity contribution is 6.05. The predicted octanol–water partition coefficient (Wildman–Crippen LogP) is 2.78. The first-order valence-electron chi connectivity index (χ1n) is 8.24. The smallest absolute Gasteiger partial charge is 0.341 e. The van der Waals surface area contributed by atoms with Gasteiger partial charge in [-0.15, -0.1) is 0 Å². The molecule has 1 amide bonds. The second-order valence-corrected chi connectivity index (χ2v) is 5.58. The number of rotatable bonds is 6. The maximum atomic E-state index is 12.6. The van der Waals surface area contributed by atoms with Crippen molar-refractivity contribution in [2.24, 2.45) is 0 Å². The molecule has 27 heavy (non-hydrogen) atoms. The Balaban J connectivity index is 1.89. The van der Waals surface area contributed by atoms with Crippen molar-refractivity contribution in [2.45, 2.75) is 6.92 Å². The molecule has 0 radical (unpaired) electrons. The van der Waals surface area contributed by atoms with Crippen LogP contribution in [-0.2, 0) is 4.74 Å². The van der Waals surface area contributed by atoms with Crippen molar-refractivity contribution in [1.82, 2.24) is 9.61 Å². The summed E-state index contributed by atoms with van der Waals surface area (Å²) in [6.45, 7) is 2.00. The molecule has 8 nitrogen and oxygen atoms in total. The number of esters is 1. The molecular formula is C19H19N3O5. The second kappa shape index (κ2) is 7.77. The van der Waals surface area contributed by atoms with Crippen LogP contribution in [0.4, 0.5) is 5.69 Å². The van der Waals surface area contributed by atoms with Crippen LogP contribution in [0.1, 0.15) is 27.6 Å². The van der Waals surface area contributed by atoms with Crippen molar-refractivity contribution >= 4 is 23.1 Å². The largest absolute Gasteiger partial charge is 0.497 e. The van der Waals surface area contributed by atoms with E-state index in [9.17, 15) is 9.59 Å². The number of carbonyl (C=O) groups excluding carboxylic acids is 2. The molecular weight excluding hydrogens is 350 g/mol. The third kappa shape index (κ3) is 3.84. The summed E-state index contributed by atoms with van der Waals surface area (Å²) < 4.78 is 16.9. The maximum absolute atomic E-state index is 12.6. The van der Waals surface area contributed by atoms with Gasteiger partial charge >= 0.3 is 5.97 Å². The summed E-state index contributed by atoms with van der Waals surface area (Å²) in [7, 11) is 3.03. The van der Waals surface area contributed by atoms with E-state index in [1.807, 2.05) is 0 Å². The molecule has 0 aliphatic carbocycles. The summed E-state index contributed by atoms with van der Waals surface area (Å²) >= 11 is 0. The minimum Gasteiger partial charge on any atom is -0.497 e. The maximum Gasteiger partial charge on any atom is 0.341 e. The lowest BCUT2D eigenvalue weighted by atomic mass is 10.1. The molecule has 2 heterocycles. The molecule has 3 rings (SSSR count). The summed E-state index contributed by atoms with van der Waals surface area (Å²) in [6.07, 6.45) is 3.09. The molecule has 0 bridgehead atoms. The Morgan fingerprint density at radius 3 is 2.44 bits per heavy atom. The second-order valence-electron chi connectivity index (χ2n) is 5.58. The number of anilines is 1. The van der Waals surface area contributed by atoms with Gasteiger partial charge in [-0.05, 0) is 31.2 Å². The fourth-order valence-corrected chi connectivity index (χ4v) is 2.57. The van der Waals surface area contributed by atoms with E-state index in [1.165, 1.54) is 24.9 Å². The van der Waals surface area contributed by atoms with Gasteiger partial charge in [-0.3, -0.25) is 4.79 Å². The summed E-state index contributed by atoms with van der Waals surface area (Å²) in [5.41, 5.74) is 1.76. The number of fused-ring (bicyclic) bond motifs is 1. The number of nitrogens with one attached hydrogen (secondary N) is 1. The van der Waals surface area contributed by atoms with Crippen molar-refractivity contribution in [3.63, 3.8) is 0 Å². The van der Waals surface area contributed by atoms with Gasteiger partial charge in [0.25, 0.3) is 5.91 Å². The Hall–Kier alpha value is -3.55. The molecule has 0 saturated carbocycles. The van der Waals surface area contributed by atoms with Gasteiger partial charge in [-0.1, -0.05) is 0 Å². The Kier molecular flexibility index (Phi) is 5.25. The van der Waals surface area contributed by atoms with E-state index in [2.05, 4.69) is 10.4 Å². The van der Waals surface area contributed by atoms with Crippen molar-refractivity contribution < 1.29 is 23.8 Å². The number of nitrogens with zero attached hydrogens (tertiary/aromatic N) is 2. The van der Waals surface area contributed by atoms with Gasteiger partial charge in [0.1, 0.15) is 17.1 Å². The predicted molar refractivity (Wildman–Crippen MR) is 98.6 cm³/mol. The van der Waals surface area contributed by atoms with Crippen LogP contribution in [0.15, 0.2) is 42.7 Å². The van der Waals surface area contributed by atoms with E-state index in [0.29, 0.717) is 33.8 Å². The van der Waals surface area contributed by atoms with Crippen molar-refractivity contribution in [3.8, 4) is 11.5 Å². The van der Waals surface area contributed by atoms with Crippen LogP contribution < -0.4 is 14.8 Å². The number of methoxy groups -OCH3 is 2. The van der Waals surface area contributed by atoms with Crippen LogP contribution in [-0.4, -0.2) is 42.3 Å². The number of ether oxygens (including phenoxy) is 3. The van der Waals surface area contributed by atoms with Crippen LogP contribution in [0.3, 0.4) is 0 Å².